The quantitative estimate of drug-likeness (QED) is 0.763. The Morgan fingerprint density at radius 3 is 2.64 bits per heavy atom. The van der Waals surface area contributed by atoms with Gasteiger partial charge in [-0.2, -0.15) is 0 Å². The highest BCUT2D eigenvalue weighted by Gasteiger charge is 2.15. The van der Waals surface area contributed by atoms with Gasteiger partial charge in [-0.05, 0) is 37.5 Å². The van der Waals surface area contributed by atoms with E-state index in [2.05, 4.69) is 31.9 Å². The summed E-state index contributed by atoms with van der Waals surface area (Å²) in [5, 5.41) is 8.28. The van der Waals surface area contributed by atoms with Crippen LogP contribution in [0.2, 0.25) is 0 Å². The molecule has 1 aliphatic carbocycles. The van der Waals surface area contributed by atoms with Gasteiger partial charge in [0.2, 0.25) is 5.91 Å². The van der Waals surface area contributed by atoms with Gasteiger partial charge >= 0.3 is 6.03 Å². The van der Waals surface area contributed by atoms with E-state index >= 15 is 0 Å². The van der Waals surface area contributed by atoms with Crippen molar-refractivity contribution in [2.75, 3.05) is 11.9 Å². The molecule has 0 aromatic heterocycles. The van der Waals surface area contributed by atoms with Gasteiger partial charge < -0.3 is 16.0 Å². The van der Waals surface area contributed by atoms with E-state index in [-0.39, 0.29) is 24.5 Å². The second-order valence-corrected chi connectivity index (χ2v) is 6.53. The minimum atomic E-state index is -0.271. The number of nitrogens with one attached hydrogen (secondary N) is 3. The second-order valence-electron chi connectivity index (χ2n) is 5.67. The van der Waals surface area contributed by atoms with Gasteiger partial charge in [0.25, 0.3) is 0 Å². The second kappa shape index (κ2) is 8.17. The number of amides is 3. The van der Waals surface area contributed by atoms with Crippen molar-refractivity contribution in [3.63, 3.8) is 0 Å². The Bertz CT molecular complexity index is 542. The molecule has 0 heterocycles. The molecule has 0 saturated heterocycles. The van der Waals surface area contributed by atoms with Gasteiger partial charge in [0.05, 0.1) is 6.54 Å². The number of hydrogen-bond acceptors (Lipinski definition) is 2. The predicted octanol–water partition coefficient (Wildman–Crippen LogP) is 3.33. The molecule has 1 fully saturated rings. The molecular formula is C16H22BrN3O2. The molecule has 0 unspecified atom stereocenters. The third kappa shape index (κ3) is 5.33. The van der Waals surface area contributed by atoms with Crippen LogP contribution in [0.3, 0.4) is 0 Å². The van der Waals surface area contributed by atoms with Crippen LogP contribution in [-0.4, -0.2) is 24.5 Å². The van der Waals surface area contributed by atoms with Crippen molar-refractivity contribution >= 4 is 33.6 Å². The van der Waals surface area contributed by atoms with Crippen molar-refractivity contribution in [2.45, 2.75) is 45.1 Å². The van der Waals surface area contributed by atoms with Crippen LogP contribution >= 0.6 is 15.9 Å². The Kier molecular flexibility index (Phi) is 6.24. The number of aryl methyl sites for hydroxylation is 1. The lowest BCUT2D eigenvalue weighted by molar-refractivity contribution is -0.115. The number of halogens is 1. The highest BCUT2D eigenvalue weighted by Crippen LogP contribution is 2.20. The fourth-order valence-electron chi connectivity index (χ4n) is 2.52. The zero-order valence-corrected chi connectivity index (χ0v) is 14.3. The van der Waals surface area contributed by atoms with E-state index in [9.17, 15) is 9.59 Å². The van der Waals surface area contributed by atoms with Gasteiger partial charge in [0.1, 0.15) is 0 Å². The summed E-state index contributed by atoms with van der Waals surface area (Å²) < 4.78 is 0.938. The largest absolute Gasteiger partial charge is 0.335 e. The number of urea groups is 1. The van der Waals surface area contributed by atoms with Crippen LogP contribution < -0.4 is 16.0 Å². The normalized spacial score (nSPS) is 15.2. The van der Waals surface area contributed by atoms with Crippen molar-refractivity contribution in [3.05, 3.63) is 28.2 Å². The van der Waals surface area contributed by atoms with Crippen LogP contribution in [0.4, 0.5) is 10.5 Å². The van der Waals surface area contributed by atoms with Crippen LogP contribution in [0.1, 0.15) is 37.7 Å². The maximum Gasteiger partial charge on any atom is 0.315 e. The van der Waals surface area contributed by atoms with E-state index in [1.807, 2.05) is 25.1 Å². The van der Waals surface area contributed by atoms with Gasteiger partial charge in [-0.3, -0.25) is 4.79 Å². The smallest absolute Gasteiger partial charge is 0.315 e. The molecule has 0 atom stereocenters. The molecule has 0 bridgehead atoms. The van der Waals surface area contributed by atoms with Crippen LogP contribution in [0.5, 0.6) is 0 Å². The number of carbonyl (C=O) groups excluding carboxylic acids is 2. The van der Waals surface area contributed by atoms with Crippen LogP contribution in [-0.2, 0) is 4.79 Å². The van der Waals surface area contributed by atoms with Crippen LogP contribution in [0, 0.1) is 6.92 Å². The Hall–Kier alpha value is -1.56. The number of carbonyl (C=O) groups is 2. The van der Waals surface area contributed by atoms with E-state index in [4.69, 9.17) is 0 Å². The highest BCUT2D eigenvalue weighted by molar-refractivity contribution is 9.10. The zero-order valence-electron chi connectivity index (χ0n) is 12.7. The van der Waals surface area contributed by atoms with Crippen LogP contribution in [0.15, 0.2) is 22.7 Å². The fraction of sp³-hybridized carbons (Fsp3) is 0.500. The first kappa shape index (κ1) is 16.8. The molecule has 2 rings (SSSR count). The topological polar surface area (TPSA) is 70.2 Å². The van der Waals surface area contributed by atoms with Gasteiger partial charge in [-0.15, -0.1) is 0 Å². The summed E-state index contributed by atoms with van der Waals surface area (Å²) in [4.78, 5) is 23.6. The Balaban J connectivity index is 1.72. The molecule has 0 spiro atoms. The number of rotatable bonds is 4. The molecular weight excluding hydrogens is 346 g/mol. The summed E-state index contributed by atoms with van der Waals surface area (Å²) in [6.45, 7) is 1.94. The van der Waals surface area contributed by atoms with E-state index in [1.165, 1.54) is 6.42 Å². The summed E-state index contributed by atoms with van der Waals surface area (Å²) in [6.07, 6.45) is 5.61. The summed E-state index contributed by atoms with van der Waals surface area (Å²) >= 11 is 3.42. The summed E-state index contributed by atoms with van der Waals surface area (Å²) in [5.41, 5.74) is 1.81. The average molecular weight is 368 g/mol. The number of anilines is 1. The average Bonchev–Trinajstić information content (AvgIpc) is 2.50. The third-order valence-corrected chi connectivity index (χ3v) is 4.66. The molecule has 3 amide bonds. The minimum absolute atomic E-state index is 0.0376. The molecule has 22 heavy (non-hydrogen) atoms. The molecule has 1 aliphatic rings. The molecule has 1 saturated carbocycles. The van der Waals surface area contributed by atoms with Crippen LogP contribution in [0.25, 0.3) is 0 Å². The molecule has 1 aromatic carbocycles. The standard InChI is InChI=1S/C16H22BrN3O2/c1-11-7-8-13(9-14(11)17)19-15(21)10-18-16(22)20-12-5-3-2-4-6-12/h7-9,12H,2-6,10H2,1H3,(H,19,21)(H2,18,20,22). The van der Waals surface area contributed by atoms with Crippen molar-refractivity contribution in [2.24, 2.45) is 0 Å². The first-order valence-corrected chi connectivity index (χ1v) is 8.44. The summed E-state index contributed by atoms with van der Waals surface area (Å²) in [7, 11) is 0. The van der Waals surface area contributed by atoms with E-state index in [0.717, 1.165) is 35.7 Å². The molecule has 0 radical (unpaired) electrons. The molecule has 3 N–H and O–H groups in total. The monoisotopic (exact) mass is 367 g/mol. The van der Waals surface area contributed by atoms with E-state index in [1.54, 1.807) is 0 Å². The minimum Gasteiger partial charge on any atom is -0.335 e. The summed E-state index contributed by atoms with van der Waals surface area (Å²) in [6, 6.07) is 5.57. The van der Waals surface area contributed by atoms with Crippen molar-refractivity contribution in [1.29, 1.82) is 0 Å². The molecule has 6 heteroatoms. The maximum atomic E-state index is 11.8. The van der Waals surface area contributed by atoms with Crippen molar-refractivity contribution in [3.8, 4) is 0 Å². The summed E-state index contributed by atoms with van der Waals surface area (Å²) in [5.74, 6) is -0.241. The van der Waals surface area contributed by atoms with E-state index in [0.29, 0.717) is 5.69 Å². The van der Waals surface area contributed by atoms with Crippen molar-refractivity contribution in [1.82, 2.24) is 10.6 Å². The molecule has 120 valence electrons. The number of benzene rings is 1. The molecule has 1 aromatic rings. The number of hydrogen-bond donors (Lipinski definition) is 3. The van der Waals surface area contributed by atoms with Gasteiger partial charge in [-0.25, -0.2) is 4.79 Å². The lowest BCUT2D eigenvalue weighted by atomic mass is 9.96. The first-order chi connectivity index (χ1) is 10.5. The van der Waals surface area contributed by atoms with Gasteiger partial charge in [-0.1, -0.05) is 41.3 Å². The predicted molar refractivity (Wildman–Crippen MR) is 90.9 cm³/mol. The molecule has 5 nitrogen and oxygen atoms in total. The van der Waals surface area contributed by atoms with Crippen molar-refractivity contribution < 1.29 is 9.59 Å². The Morgan fingerprint density at radius 2 is 1.95 bits per heavy atom. The molecule has 0 aliphatic heterocycles. The fourth-order valence-corrected chi connectivity index (χ4v) is 2.90. The first-order valence-electron chi connectivity index (χ1n) is 7.65. The Morgan fingerprint density at radius 1 is 1.23 bits per heavy atom. The lowest BCUT2D eigenvalue weighted by Gasteiger charge is -2.22. The van der Waals surface area contributed by atoms with E-state index < -0.39 is 0 Å². The van der Waals surface area contributed by atoms with Gasteiger partial charge in [0.15, 0.2) is 0 Å². The zero-order chi connectivity index (χ0) is 15.9. The maximum absolute atomic E-state index is 11.8. The van der Waals surface area contributed by atoms with Gasteiger partial charge in [0, 0.05) is 16.2 Å². The highest BCUT2D eigenvalue weighted by atomic mass is 79.9. The Labute approximate surface area is 139 Å². The third-order valence-electron chi connectivity index (χ3n) is 3.81. The lowest BCUT2D eigenvalue weighted by Crippen LogP contribution is -2.45. The SMILES string of the molecule is Cc1ccc(NC(=O)CNC(=O)NC2CCCCC2)cc1Br.